The number of hydrogen-bond acceptors (Lipinski definition) is 3. The Balaban J connectivity index is 2.14. The van der Waals surface area contributed by atoms with Crippen LogP contribution in [-0.2, 0) is 4.79 Å². The summed E-state index contributed by atoms with van der Waals surface area (Å²) in [5.41, 5.74) is 1.09. The van der Waals surface area contributed by atoms with Crippen molar-refractivity contribution < 1.29 is 9.53 Å². The molecule has 1 atom stereocenters. The third kappa shape index (κ3) is 3.18. The minimum Gasteiger partial charge on any atom is -0.495 e. The SMILES string of the molecule is COc1ccccc1N1CCC(C)N(C(=O)CCl)CC1. The highest BCUT2D eigenvalue weighted by molar-refractivity contribution is 6.27. The average Bonchev–Trinajstić information content (AvgIpc) is 2.68. The van der Waals surface area contributed by atoms with Crippen molar-refractivity contribution in [2.45, 2.75) is 19.4 Å². The number of ether oxygens (including phenoxy) is 1. The van der Waals surface area contributed by atoms with Crippen LogP contribution in [0.2, 0.25) is 0 Å². The van der Waals surface area contributed by atoms with Crippen LogP contribution in [0.4, 0.5) is 5.69 Å². The van der Waals surface area contributed by atoms with Crippen molar-refractivity contribution in [3.05, 3.63) is 24.3 Å². The summed E-state index contributed by atoms with van der Waals surface area (Å²) in [5, 5.41) is 0. The first-order valence-corrected chi connectivity index (χ1v) is 7.44. The molecular weight excluding hydrogens is 276 g/mol. The zero-order valence-electron chi connectivity index (χ0n) is 12.0. The van der Waals surface area contributed by atoms with E-state index in [1.807, 2.05) is 23.1 Å². The molecule has 0 N–H and O–H groups in total. The first-order chi connectivity index (χ1) is 9.67. The molecular formula is C15H21ClN2O2. The van der Waals surface area contributed by atoms with Gasteiger partial charge in [0.25, 0.3) is 0 Å². The third-order valence-corrected chi connectivity index (χ3v) is 4.05. The molecule has 0 bridgehead atoms. The van der Waals surface area contributed by atoms with Crippen LogP contribution in [0.25, 0.3) is 0 Å². The fourth-order valence-electron chi connectivity index (χ4n) is 2.64. The molecule has 1 fully saturated rings. The van der Waals surface area contributed by atoms with Gasteiger partial charge < -0.3 is 14.5 Å². The van der Waals surface area contributed by atoms with Gasteiger partial charge in [-0.15, -0.1) is 11.6 Å². The molecule has 0 aromatic heterocycles. The number of carbonyl (C=O) groups excluding carboxylic acids is 1. The Bertz CT molecular complexity index is 467. The predicted octanol–water partition coefficient (Wildman–Crippen LogP) is 2.36. The summed E-state index contributed by atoms with van der Waals surface area (Å²) in [6, 6.07) is 8.22. The van der Waals surface area contributed by atoms with Crippen LogP contribution in [0.5, 0.6) is 5.75 Å². The fourth-order valence-corrected chi connectivity index (χ4v) is 2.79. The maximum Gasteiger partial charge on any atom is 0.237 e. The molecule has 5 heteroatoms. The lowest BCUT2D eigenvalue weighted by atomic mass is 10.2. The van der Waals surface area contributed by atoms with Gasteiger partial charge in [-0.25, -0.2) is 0 Å². The zero-order valence-corrected chi connectivity index (χ0v) is 12.8. The van der Waals surface area contributed by atoms with Crippen LogP contribution in [-0.4, -0.2) is 49.5 Å². The number of carbonyl (C=O) groups is 1. The highest BCUT2D eigenvalue weighted by Crippen LogP contribution is 2.29. The van der Waals surface area contributed by atoms with E-state index in [-0.39, 0.29) is 17.8 Å². The lowest BCUT2D eigenvalue weighted by molar-refractivity contribution is -0.130. The summed E-state index contributed by atoms with van der Waals surface area (Å²) in [7, 11) is 1.68. The second-order valence-electron chi connectivity index (χ2n) is 5.02. The van der Waals surface area contributed by atoms with Crippen molar-refractivity contribution in [1.29, 1.82) is 0 Å². The molecule has 0 saturated carbocycles. The predicted molar refractivity (Wildman–Crippen MR) is 81.7 cm³/mol. The van der Waals surface area contributed by atoms with Gasteiger partial charge in [-0.2, -0.15) is 0 Å². The van der Waals surface area contributed by atoms with Crippen molar-refractivity contribution in [1.82, 2.24) is 4.90 Å². The van der Waals surface area contributed by atoms with Crippen LogP contribution in [0, 0.1) is 0 Å². The summed E-state index contributed by atoms with van der Waals surface area (Å²) in [4.78, 5) is 16.0. The van der Waals surface area contributed by atoms with E-state index in [4.69, 9.17) is 16.3 Å². The fraction of sp³-hybridized carbons (Fsp3) is 0.533. The molecule has 1 aromatic carbocycles. The van der Waals surface area contributed by atoms with E-state index in [1.165, 1.54) is 0 Å². The van der Waals surface area contributed by atoms with Crippen molar-refractivity contribution >= 4 is 23.2 Å². The van der Waals surface area contributed by atoms with E-state index in [2.05, 4.69) is 17.9 Å². The largest absolute Gasteiger partial charge is 0.495 e. The number of rotatable bonds is 3. The lowest BCUT2D eigenvalue weighted by Gasteiger charge is -2.26. The molecule has 1 heterocycles. The first kappa shape index (κ1) is 15.0. The van der Waals surface area contributed by atoms with Gasteiger partial charge in [-0.1, -0.05) is 12.1 Å². The lowest BCUT2D eigenvalue weighted by Crippen LogP contribution is -2.40. The molecule has 2 rings (SSSR count). The van der Waals surface area contributed by atoms with Gasteiger partial charge in [0, 0.05) is 25.7 Å². The van der Waals surface area contributed by atoms with Gasteiger partial charge in [-0.05, 0) is 25.5 Å². The smallest absolute Gasteiger partial charge is 0.237 e. The van der Waals surface area contributed by atoms with E-state index in [9.17, 15) is 4.79 Å². The van der Waals surface area contributed by atoms with E-state index in [1.54, 1.807) is 7.11 Å². The molecule has 0 aliphatic carbocycles. The van der Waals surface area contributed by atoms with Crippen molar-refractivity contribution in [2.24, 2.45) is 0 Å². The Hall–Kier alpha value is -1.42. The molecule has 0 spiro atoms. The van der Waals surface area contributed by atoms with Crippen LogP contribution >= 0.6 is 11.6 Å². The number of nitrogens with zero attached hydrogens (tertiary/aromatic N) is 2. The summed E-state index contributed by atoms with van der Waals surface area (Å²) in [6.07, 6.45) is 0.931. The number of benzene rings is 1. The Morgan fingerprint density at radius 3 is 2.80 bits per heavy atom. The number of hydrogen-bond donors (Lipinski definition) is 0. The number of para-hydroxylation sites is 2. The van der Waals surface area contributed by atoms with Crippen LogP contribution in [0.3, 0.4) is 0 Å². The molecule has 0 radical (unpaired) electrons. The molecule has 1 unspecified atom stereocenters. The third-order valence-electron chi connectivity index (χ3n) is 3.82. The van der Waals surface area contributed by atoms with Crippen LogP contribution < -0.4 is 9.64 Å². The summed E-state index contributed by atoms with van der Waals surface area (Å²) in [6.45, 7) is 4.49. The Kier molecular flexibility index (Phi) is 5.12. The van der Waals surface area contributed by atoms with Gasteiger partial charge in [0.1, 0.15) is 11.6 Å². The van der Waals surface area contributed by atoms with Crippen molar-refractivity contribution in [2.75, 3.05) is 37.5 Å². The highest BCUT2D eigenvalue weighted by atomic mass is 35.5. The maximum atomic E-state index is 11.8. The second kappa shape index (κ2) is 6.84. The molecule has 1 saturated heterocycles. The number of halogens is 1. The normalized spacial score (nSPS) is 19.6. The summed E-state index contributed by atoms with van der Waals surface area (Å²) >= 11 is 5.68. The van der Waals surface area contributed by atoms with Crippen molar-refractivity contribution in [3.63, 3.8) is 0 Å². The van der Waals surface area contributed by atoms with E-state index < -0.39 is 0 Å². The van der Waals surface area contributed by atoms with Gasteiger partial charge in [-0.3, -0.25) is 4.79 Å². The number of amides is 1. The molecule has 4 nitrogen and oxygen atoms in total. The van der Waals surface area contributed by atoms with Gasteiger partial charge >= 0.3 is 0 Å². The zero-order chi connectivity index (χ0) is 14.5. The van der Waals surface area contributed by atoms with Gasteiger partial charge in [0.2, 0.25) is 5.91 Å². The van der Waals surface area contributed by atoms with Crippen LogP contribution in [0.15, 0.2) is 24.3 Å². The second-order valence-corrected chi connectivity index (χ2v) is 5.28. The highest BCUT2D eigenvalue weighted by Gasteiger charge is 2.25. The molecule has 1 aliphatic rings. The minimum absolute atomic E-state index is 0.0149. The topological polar surface area (TPSA) is 32.8 Å². The van der Waals surface area contributed by atoms with E-state index in [0.717, 1.165) is 30.9 Å². The Morgan fingerprint density at radius 1 is 1.35 bits per heavy atom. The number of methoxy groups -OCH3 is 1. The monoisotopic (exact) mass is 296 g/mol. The van der Waals surface area contributed by atoms with E-state index >= 15 is 0 Å². The Morgan fingerprint density at radius 2 is 2.10 bits per heavy atom. The standard InChI is InChI=1S/C15H21ClN2O2/c1-12-7-8-17(9-10-18(12)15(19)11-16)13-5-3-4-6-14(13)20-2/h3-6,12H,7-11H2,1-2H3. The van der Waals surface area contributed by atoms with Gasteiger partial charge in [0.15, 0.2) is 0 Å². The van der Waals surface area contributed by atoms with Crippen LogP contribution in [0.1, 0.15) is 13.3 Å². The van der Waals surface area contributed by atoms with Crippen molar-refractivity contribution in [3.8, 4) is 5.75 Å². The Labute approximate surface area is 125 Å². The molecule has 1 aromatic rings. The number of anilines is 1. The first-order valence-electron chi connectivity index (χ1n) is 6.90. The number of alkyl halides is 1. The molecule has 20 heavy (non-hydrogen) atoms. The molecule has 1 aliphatic heterocycles. The molecule has 110 valence electrons. The van der Waals surface area contributed by atoms with Gasteiger partial charge in [0.05, 0.1) is 12.8 Å². The average molecular weight is 297 g/mol. The van der Waals surface area contributed by atoms with E-state index in [0.29, 0.717) is 6.54 Å². The maximum absolute atomic E-state index is 11.8. The summed E-state index contributed by atoms with van der Waals surface area (Å²) in [5.74, 6) is 0.942. The molecule has 1 amide bonds. The minimum atomic E-state index is 0.0149. The summed E-state index contributed by atoms with van der Waals surface area (Å²) < 4.78 is 5.42. The quantitative estimate of drug-likeness (QED) is 0.803.